The first kappa shape index (κ1) is 37.5. The Morgan fingerprint density at radius 1 is 0.980 bits per heavy atom. The van der Waals surface area contributed by atoms with Gasteiger partial charge in [0.15, 0.2) is 0 Å². The van der Waals surface area contributed by atoms with Crippen LogP contribution in [0.4, 0.5) is 34.1 Å². The standard InChI is InChI=1S/C20H22N4O4.C9H9N3O2.C2HF3O2/c1-13(2)16-6-5-15(11-17(16)24(27)28)23-18(25)20(3,4)22(19(23)26)12-14-7-9-21-10-8-14;13-8-6-12(9(14)11-8)5-7-1-3-10-4-2-7;3-2(4,5)1(6)7/h5-11,13H,12H2,1-4H3;1-4H,5-6H2,(H,11,13,14);(H,6,7). The summed E-state index contributed by atoms with van der Waals surface area (Å²) in [6, 6.07) is 10.9. The number of rotatable bonds is 7. The van der Waals surface area contributed by atoms with Crippen LogP contribution in [0.1, 0.15) is 50.3 Å². The molecule has 2 fully saturated rings. The molecule has 2 N–H and O–H groups in total. The lowest BCUT2D eigenvalue weighted by atomic mass is 10.00. The first-order valence-electron chi connectivity index (χ1n) is 14.5. The minimum absolute atomic E-state index is 0.0564. The van der Waals surface area contributed by atoms with Crippen molar-refractivity contribution in [2.75, 3.05) is 11.4 Å². The van der Waals surface area contributed by atoms with E-state index in [2.05, 4.69) is 15.3 Å². The number of pyridine rings is 2. The number of carbonyl (C=O) groups is 5. The van der Waals surface area contributed by atoms with Crippen LogP contribution in [0.5, 0.6) is 0 Å². The molecule has 260 valence electrons. The quantitative estimate of drug-likeness (QED) is 0.201. The summed E-state index contributed by atoms with van der Waals surface area (Å²) in [7, 11) is 0. The fourth-order valence-electron chi connectivity index (χ4n) is 4.64. The Hall–Kier alpha value is -5.94. The third-order valence-electron chi connectivity index (χ3n) is 7.24. The normalized spacial score (nSPS) is 15.4. The number of halogens is 3. The number of nitro groups is 1. The average Bonchev–Trinajstić information content (AvgIpc) is 3.43. The summed E-state index contributed by atoms with van der Waals surface area (Å²) in [6.45, 7) is 7.88. The number of anilines is 1. The molecule has 6 amide bonds. The first-order valence-corrected chi connectivity index (χ1v) is 14.5. The number of carboxylic acid groups (broad SMARTS) is 1. The van der Waals surface area contributed by atoms with Crippen molar-refractivity contribution in [3.8, 4) is 0 Å². The van der Waals surface area contributed by atoms with Gasteiger partial charge in [-0.3, -0.25) is 35.0 Å². The third-order valence-corrected chi connectivity index (χ3v) is 7.24. The minimum Gasteiger partial charge on any atom is -0.475 e. The van der Waals surface area contributed by atoms with Crippen LogP contribution in [0.3, 0.4) is 0 Å². The van der Waals surface area contributed by atoms with E-state index in [1.165, 1.54) is 15.9 Å². The molecule has 0 saturated carbocycles. The van der Waals surface area contributed by atoms with E-state index in [-0.39, 0.29) is 42.3 Å². The van der Waals surface area contributed by atoms with Gasteiger partial charge in [-0.2, -0.15) is 13.2 Å². The van der Waals surface area contributed by atoms with Crippen molar-refractivity contribution in [2.45, 2.75) is 58.4 Å². The number of nitrogens with zero attached hydrogens (tertiary/aromatic N) is 6. The molecule has 1 aromatic carbocycles. The second-order valence-electron chi connectivity index (χ2n) is 11.4. The lowest BCUT2D eigenvalue weighted by molar-refractivity contribution is -0.385. The van der Waals surface area contributed by atoms with E-state index in [0.717, 1.165) is 16.0 Å². The molecule has 0 radical (unpaired) electrons. The summed E-state index contributed by atoms with van der Waals surface area (Å²) in [5, 5.41) is 20.8. The number of aliphatic carboxylic acids is 1. The van der Waals surface area contributed by atoms with E-state index in [9.17, 15) is 42.5 Å². The highest BCUT2D eigenvalue weighted by Gasteiger charge is 2.52. The largest absolute Gasteiger partial charge is 0.490 e. The van der Waals surface area contributed by atoms with Gasteiger partial charge < -0.3 is 14.9 Å². The van der Waals surface area contributed by atoms with Crippen molar-refractivity contribution >= 4 is 41.2 Å². The lowest BCUT2D eigenvalue weighted by Gasteiger charge is -2.27. The number of alkyl halides is 3. The van der Waals surface area contributed by atoms with Crippen molar-refractivity contribution in [1.82, 2.24) is 25.1 Å². The molecule has 2 aliphatic heterocycles. The Bertz CT molecular complexity index is 1720. The number of carbonyl (C=O) groups excluding carboxylic acids is 4. The molecule has 2 saturated heterocycles. The molecule has 3 aromatic rings. The van der Waals surface area contributed by atoms with Crippen molar-refractivity contribution in [3.63, 3.8) is 0 Å². The molecule has 49 heavy (non-hydrogen) atoms. The van der Waals surface area contributed by atoms with Crippen molar-refractivity contribution in [3.05, 3.63) is 94.1 Å². The molecule has 5 rings (SSSR count). The van der Waals surface area contributed by atoms with Crippen molar-refractivity contribution < 1.29 is 47.2 Å². The summed E-state index contributed by atoms with van der Waals surface area (Å²) < 4.78 is 31.7. The monoisotopic (exact) mass is 687 g/mol. The lowest BCUT2D eigenvalue weighted by Crippen LogP contribution is -2.43. The maximum Gasteiger partial charge on any atom is 0.490 e. The fourth-order valence-corrected chi connectivity index (χ4v) is 4.64. The van der Waals surface area contributed by atoms with E-state index >= 15 is 0 Å². The van der Waals surface area contributed by atoms with E-state index in [1.54, 1.807) is 62.9 Å². The Labute approximate surface area is 277 Å². The van der Waals surface area contributed by atoms with Crippen LogP contribution >= 0.6 is 0 Å². The zero-order valence-electron chi connectivity index (χ0n) is 26.7. The topological polar surface area (TPSA) is 196 Å². The van der Waals surface area contributed by atoms with Gasteiger partial charge in [0.05, 0.1) is 10.6 Å². The highest BCUT2D eigenvalue weighted by Crippen LogP contribution is 2.37. The highest BCUT2D eigenvalue weighted by molar-refractivity contribution is 6.23. The van der Waals surface area contributed by atoms with Gasteiger partial charge in [0, 0.05) is 49.5 Å². The number of nitrogens with one attached hydrogen (secondary N) is 1. The smallest absolute Gasteiger partial charge is 0.475 e. The number of hydrogen-bond donors (Lipinski definition) is 2. The predicted octanol–water partition coefficient (Wildman–Crippen LogP) is 4.63. The molecular weight excluding hydrogens is 655 g/mol. The summed E-state index contributed by atoms with van der Waals surface area (Å²) in [6.07, 6.45) is 1.48. The van der Waals surface area contributed by atoms with E-state index in [0.29, 0.717) is 12.1 Å². The summed E-state index contributed by atoms with van der Waals surface area (Å²) in [4.78, 5) is 79.8. The minimum atomic E-state index is -5.08. The SMILES string of the molecule is CC(C)c1ccc(N2C(=O)N(Cc3ccncc3)C(C)(C)C2=O)cc1[N+](=O)[O-].O=C(O)C(F)(F)F.O=C1CN(Cc2ccncc2)C(=O)N1. The summed E-state index contributed by atoms with van der Waals surface area (Å²) in [5.41, 5.74) is 1.39. The molecule has 0 spiro atoms. The Morgan fingerprint density at radius 2 is 1.49 bits per heavy atom. The molecule has 0 unspecified atom stereocenters. The summed E-state index contributed by atoms with van der Waals surface area (Å²) in [5.74, 6) is -3.48. The Morgan fingerprint density at radius 3 is 1.92 bits per heavy atom. The third kappa shape index (κ3) is 9.33. The maximum absolute atomic E-state index is 13.1. The van der Waals surface area contributed by atoms with Gasteiger partial charge in [-0.25, -0.2) is 19.3 Å². The number of hydrogen-bond acceptors (Lipinski definition) is 9. The molecule has 0 atom stereocenters. The van der Waals surface area contributed by atoms with Gasteiger partial charge >= 0.3 is 24.2 Å². The number of imide groups is 2. The molecule has 2 aromatic heterocycles. The molecule has 15 nitrogen and oxygen atoms in total. The molecule has 0 bridgehead atoms. The van der Waals surface area contributed by atoms with Crippen LogP contribution < -0.4 is 10.2 Å². The predicted molar refractivity (Wildman–Crippen MR) is 166 cm³/mol. The number of nitro benzene ring substituents is 1. The van der Waals surface area contributed by atoms with Crippen molar-refractivity contribution in [2.24, 2.45) is 0 Å². The van der Waals surface area contributed by atoms with Crippen molar-refractivity contribution in [1.29, 1.82) is 0 Å². The number of amides is 6. The van der Waals surface area contributed by atoms with E-state index < -0.39 is 34.5 Å². The average molecular weight is 688 g/mol. The van der Waals surface area contributed by atoms with Gasteiger partial charge in [0.1, 0.15) is 12.1 Å². The fraction of sp³-hybridized carbons (Fsp3) is 0.323. The molecule has 4 heterocycles. The number of benzene rings is 1. The Balaban J connectivity index is 0.000000255. The second-order valence-corrected chi connectivity index (χ2v) is 11.4. The van der Waals surface area contributed by atoms with Gasteiger partial charge in [0.25, 0.3) is 11.6 Å². The number of aromatic nitrogens is 2. The maximum atomic E-state index is 13.1. The van der Waals surface area contributed by atoms with Gasteiger partial charge in [0.2, 0.25) is 5.91 Å². The second kappa shape index (κ2) is 15.3. The zero-order chi connectivity index (χ0) is 36.7. The molecule has 18 heteroatoms. The zero-order valence-corrected chi connectivity index (χ0v) is 26.7. The van der Waals surface area contributed by atoms with Crippen LogP contribution in [0.2, 0.25) is 0 Å². The highest BCUT2D eigenvalue weighted by atomic mass is 19.4. The number of urea groups is 2. The van der Waals surface area contributed by atoms with Gasteiger partial charge in [-0.15, -0.1) is 0 Å². The van der Waals surface area contributed by atoms with Crippen LogP contribution in [0.25, 0.3) is 0 Å². The number of carboxylic acids is 1. The first-order chi connectivity index (χ1) is 22.8. The molecule has 2 aliphatic rings. The Kier molecular flexibility index (Phi) is 11.7. The summed E-state index contributed by atoms with van der Waals surface area (Å²) >= 11 is 0. The van der Waals surface area contributed by atoms with Crippen LogP contribution in [0.15, 0.2) is 67.3 Å². The molecule has 0 aliphatic carbocycles. The van der Waals surface area contributed by atoms with E-state index in [1.807, 2.05) is 26.0 Å². The van der Waals surface area contributed by atoms with Gasteiger partial charge in [-0.05, 0) is 67.3 Å². The van der Waals surface area contributed by atoms with Crippen LogP contribution in [-0.4, -0.2) is 77.9 Å². The van der Waals surface area contributed by atoms with Gasteiger partial charge in [-0.1, -0.05) is 13.8 Å². The molecular formula is C31H32F3N7O8. The van der Waals surface area contributed by atoms with Crippen LogP contribution in [0, 0.1) is 10.1 Å². The van der Waals surface area contributed by atoms with E-state index in [4.69, 9.17) is 9.90 Å². The van der Waals surface area contributed by atoms with Crippen LogP contribution in [-0.2, 0) is 27.5 Å².